The van der Waals surface area contributed by atoms with Crippen LogP contribution in [-0.2, 0) is 0 Å². The second-order valence-electron chi connectivity index (χ2n) is 5.17. The average Bonchev–Trinajstić information content (AvgIpc) is 2.48. The minimum Gasteiger partial charge on any atom is -0.481 e. The summed E-state index contributed by atoms with van der Waals surface area (Å²) in [5.41, 5.74) is 5.68. The minimum atomic E-state index is 0.571. The van der Waals surface area contributed by atoms with E-state index in [-0.39, 0.29) is 0 Å². The minimum absolute atomic E-state index is 0.571. The van der Waals surface area contributed by atoms with Crippen molar-refractivity contribution in [2.24, 2.45) is 11.7 Å². The Morgan fingerprint density at radius 2 is 2.05 bits per heavy atom. The third kappa shape index (κ3) is 3.81. The fourth-order valence-electron chi connectivity index (χ4n) is 2.37. The normalized spacial score (nSPS) is 18.4. The van der Waals surface area contributed by atoms with Crippen LogP contribution in [0.15, 0.2) is 18.2 Å². The first kappa shape index (κ1) is 14.1. The summed E-state index contributed by atoms with van der Waals surface area (Å²) >= 11 is 0. The Morgan fingerprint density at radius 1 is 1.32 bits per heavy atom. The molecular formula is C14H24N4O. The van der Waals surface area contributed by atoms with Gasteiger partial charge < -0.3 is 15.4 Å². The molecule has 0 amide bonds. The van der Waals surface area contributed by atoms with E-state index in [1.165, 1.54) is 0 Å². The Morgan fingerprint density at radius 3 is 2.68 bits per heavy atom. The Kier molecular flexibility index (Phi) is 4.99. The summed E-state index contributed by atoms with van der Waals surface area (Å²) in [4.78, 5) is 9.27. The monoisotopic (exact) mass is 264 g/mol. The molecule has 5 heteroatoms. The van der Waals surface area contributed by atoms with E-state index in [4.69, 9.17) is 10.5 Å². The van der Waals surface area contributed by atoms with Gasteiger partial charge in [0, 0.05) is 38.8 Å². The van der Waals surface area contributed by atoms with Gasteiger partial charge in [-0.3, -0.25) is 4.90 Å². The first-order valence-electron chi connectivity index (χ1n) is 6.91. The van der Waals surface area contributed by atoms with Gasteiger partial charge in [0.1, 0.15) is 5.82 Å². The van der Waals surface area contributed by atoms with Crippen molar-refractivity contribution in [2.75, 3.05) is 51.3 Å². The van der Waals surface area contributed by atoms with Crippen LogP contribution in [0.1, 0.15) is 6.92 Å². The van der Waals surface area contributed by atoms with Crippen molar-refractivity contribution < 1.29 is 4.74 Å². The number of aromatic nitrogens is 1. The van der Waals surface area contributed by atoms with Crippen molar-refractivity contribution in [3.63, 3.8) is 0 Å². The third-order valence-electron chi connectivity index (χ3n) is 3.59. The van der Waals surface area contributed by atoms with E-state index in [1.807, 2.05) is 18.2 Å². The zero-order chi connectivity index (χ0) is 13.7. The summed E-state index contributed by atoms with van der Waals surface area (Å²) in [6, 6.07) is 5.91. The predicted molar refractivity (Wildman–Crippen MR) is 77.7 cm³/mol. The van der Waals surface area contributed by atoms with Gasteiger partial charge in [-0.2, -0.15) is 4.98 Å². The van der Waals surface area contributed by atoms with Gasteiger partial charge in [0.05, 0.1) is 7.11 Å². The molecule has 1 aromatic heterocycles. The van der Waals surface area contributed by atoms with Crippen LogP contribution < -0.4 is 15.4 Å². The van der Waals surface area contributed by atoms with Crippen molar-refractivity contribution in [3.8, 4) is 5.88 Å². The lowest BCUT2D eigenvalue weighted by Gasteiger charge is -2.36. The molecule has 1 aromatic rings. The molecule has 0 aliphatic carbocycles. The first-order valence-corrected chi connectivity index (χ1v) is 6.91. The highest BCUT2D eigenvalue weighted by Crippen LogP contribution is 2.17. The molecule has 0 radical (unpaired) electrons. The summed E-state index contributed by atoms with van der Waals surface area (Å²) in [6.07, 6.45) is 0. The van der Waals surface area contributed by atoms with Gasteiger partial charge in [0.15, 0.2) is 0 Å². The molecule has 1 saturated heterocycles. The predicted octanol–water partition coefficient (Wildman–Crippen LogP) is 0.807. The number of piperazine rings is 1. The SMILES string of the molecule is COc1cccc(N2CCN(CC(C)CN)CC2)n1. The molecule has 1 atom stereocenters. The maximum atomic E-state index is 5.68. The van der Waals surface area contributed by atoms with Gasteiger partial charge in [-0.1, -0.05) is 13.0 Å². The maximum absolute atomic E-state index is 5.68. The van der Waals surface area contributed by atoms with Gasteiger partial charge in [0.25, 0.3) is 0 Å². The number of methoxy groups -OCH3 is 1. The fourth-order valence-corrected chi connectivity index (χ4v) is 2.37. The van der Waals surface area contributed by atoms with E-state index >= 15 is 0 Å². The zero-order valence-electron chi connectivity index (χ0n) is 11.9. The molecule has 5 nitrogen and oxygen atoms in total. The molecule has 2 heterocycles. The maximum Gasteiger partial charge on any atom is 0.214 e. The van der Waals surface area contributed by atoms with Crippen molar-refractivity contribution >= 4 is 5.82 Å². The topological polar surface area (TPSA) is 54.6 Å². The lowest BCUT2D eigenvalue weighted by molar-refractivity contribution is 0.226. The number of anilines is 1. The van der Waals surface area contributed by atoms with E-state index in [1.54, 1.807) is 7.11 Å². The van der Waals surface area contributed by atoms with E-state index in [0.717, 1.165) is 45.1 Å². The van der Waals surface area contributed by atoms with Crippen molar-refractivity contribution in [3.05, 3.63) is 18.2 Å². The van der Waals surface area contributed by atoms with Gasteiger partial charge >= 0.3 is 0 Å². The van der Waals surface area contributed by atoms with Crippen LogP contribution >= 0.6 is 0 Å². The molecule has 1 unspecified atom stereocenters. The zero-order valence-corrected chi connectivity index (χ0v) is 11.9. The molecule has 19 heavy (non-hydrogen) atoms. The molecular weight excluding hydrogens is 240 g/mol. The molecule has 1 aliphatic heterocycles. The summed E-state index contributed by atoms with van der Waals surface area (Å²) in [5, 5.41) is 0. The quantitative estimate of drug-likeness (QED) is 0.853. The summed E-state index contributed by atoms with van der Waals surface area (Å²) in [5.74, 6) is 2.25. The molecule has 1 aliphatic rings. The highest BCUT2D eigenvalue weighted by Gasteiger charge is 2.19. The second-order valence-corrected chi connectivity index (χ2v) is 5.17. The van der Waals surface area contributed by atoms with Crippen molar-refractivity contribution in [1.29, 1.82) is 0 Å². The van der Waals surface area contributed by atoms with Gasteiger partial charge in [0.2, 0.25) is 5.88 Å². The number of nitrogens with zero attached hydrogens (tertiary/aromatic N) is 3. The fraction of sp³-hybridized carbons (Fsp3) is 0.643. The van der Waals surface area contributed by atoms with Gasteiger partial charge in [-0.05, 0) is 18.5 Å². The number of ether oxygens (including phenoxy) is 1. The summed E-state index contributed by atoms with van der Waals surface area (Å²) < 4.78 is 5.17. The smallest absolute Gasteiger partial charge is 0.214 e. The van der Waals surface area contributed by atoms with Crippen LogP contribution in [0.3, 0.4) is 0 Å². The lowest BCUT2D eigenvalue weighted by Crippen LogP contribution is -2.48. The molecule has 2 rings (SSSR count). The lowest BCUT2D eigenvalue weighted by atomic mass is 10.1. The van der Waals surface area contributed by atoms with Crippen LogP contribution in [0.5, 0.6) is 5.88 Å². The summed E-state index contributed by atoms with van der Waals surface area (Å²) in [6.45, 7) is 8.23. The number of rotatable bonds is 5. The van der Waals surface area contributed by atoms with Crippen LogP contribution in [-0.4, -0.2) is 56.3 Å². The Labute approximate surface area is 115 Å². The molecule has 0 saturated carbocycles. The van der Waals surface area contributed by atoms with Crippen LogP contribution in [0.25, 0.3) is 0 Å². The molecule has 0 bridgehead atoms. The van der Waals surface area contributed by atoms with E-state index in [2.05, 4.69) is 21.7 Å². The van der Waals surface area contributed by atoms with Crippen LogP contribution in [0.2, 0.25) is 0 Å². The third-order valence-corrected chi connectivity index (χ3v) is 3.59. The van der Waals surface area contributed by atoms with Crippen LogP contribution in [0.4, 0.5) is 5.82 Å². The average molecular weight is 264 g/mol. The number of hydrogen-bond acceptors (Lipinski definition) is 5. The highest BCUT2D eigenvalue weighted by atomic mass is 16.5. The summed E-state index contributed by atoms with van der Waals surface area (Å²) in [7, 11) is 1.65. The molecule has 0 spiro atoms. The van der Waals surface area contributed by atoms with Crippen LogP contribution in [0, 0.1) is 5.92 Å². The van der Waals surface area contributed by atoms with Gasteiger partial charge in [-0.25, -0.2) is 0 Å². The van der Waals surface area contributed by atoms with E-state index in [0.29, 0.717) is 11.8 Å². The largest absolute Gasteiger partial charge is 0.481 e. The molecule has 2 N–H and O–H groups in total. The first-order chi connectivity index (χ1) is 9.22. The van der Waals surface area contributed by atoms with E-state index < -0.39 is 0 Å². The Hall–Kier alpha value is -1.33. The molecule has 106 valence electrons. The molecule has 0 aromatic carbocycles. The molecule has 1 fully saturated rings. The van der Waals surface area contributed by atoms with Crippen molar-refractivity contribution in [1.82, 2.24) is 9.88 Å². The Balaban J connectivity index is 1.88. The standard InChI is InChI=1S/C14H24N4O/c1-12(10-15)11-17-6-8-18(9-7-17)13-4-3-5-14(16-13)19-2/h3-5,12H,6-11,15H2,1-2H3. The number of pyridine rings is 1. The Bertz CT molecular complexity index is 391. The van der Waals surface area contributed by atoms with E-state index in [9.17, 15) is 0 Å². The van der Waals surface area contributed by atoms with Gasteiger partial charge in [-0.15, -0.1) is 0 Å². The highest BCUT2D eigenvalue weighted by molar-refractivity contribution is 5.41. The number of hydrogen-bond donors (Lipinski definition) is 1. The number of nitrogens with two attached hydrogens (primary N) is 1. The second kappa shape index (κ2) is 6.73. The van der Waals surface area contributed by atoms with Crippen molar-refractivity contribution in [2.45, 2.75) is 6.92 Å².